The minimum atomic E-state index is -0.161. The number of aliphatic hydroxyl groups is 2. The SMILES string of the molecule is CC1=C(O)c2ccc3c4ccc5c6c(ccc(c7ccc(c2c73)C1=O)c64)C(O)=C(C)C5=O. The first-order chi connectivity index (χ1) is 15.4. The molecule has 5 aromatic carbocycles. The Hall–Kier alpha value is -4.18. The van der Waals surface area contributed by atoms with Crippen molar-refractivity contribution in [2.75, 3.05) is 0 Å². The standard InChI is InChI=1S/C28H16O4/c1-11-25(29)17-7-3-13-15-5-9-19-24-20(28(32)12(2)27(19)31)10-6-16(22(15)24)14-4-8-18(26(11)30)23(17)21(13)14/h3-10,29,32H,1-2H3. The molecule has 32 heavy (non-hydrogen) atoms. The zero-order valence-corrected chi connectivity index (χ0v) is 17.3. The van der Waals surface area contributed by atoms with E-state index in [1.54, 1.807) is 13.8 Å². The molecule has 0 aliphatic heterocycles. The number of allylic oxidation sites excluding steroid dienone is 2. The zero-order valence-electron chi connectivity index (χ0n) is 17.3. The van der Waals surface area contributed by atoms with E-state index in [4.69, 9.17) is 0 Å². The predicted molar refractivity (Wildman–Crippen MR) is 127 cm³/mol. The molecule has 0 saturated carbocycles. The lowest BCUT2D eigenvalue weighted by molar-refractivity contribution is 0.102. The number of benzene rings is 5. The minimum Gasteiger partial charge on any atom is -0.507 e. The Labute approximate surface area is 182 Å². The van der Waals surface area contributed by atoms with Crippen molar-refractivity contribution in [2.24, 2.45) is 0 Å². The predicted octanol–water partition coefficient (Wildman–Crippen LogP) is 6.71. The van der Waals surface area contributed by atoms with Crippen LogP contribution < -0.4 is 0 Å². The van der Waals surface area contributed by atoms with Crippen LogP contribution in [0.25, 0.3) is 54.6 Å². The number of aliphatic hydroxyl groups excluding tert-OH is 2. The van der Waals surface area contributed by atoms with Gasteiger partial charge in [0.05, 0.1) is 0 Å². The Morgan fingerprint density at radius 3 is 1.12 bits per heavy atom. The van der Waals surface area contributed by atoms with Crippen LogP contribution >= 0.6 is 0 Å². The summed E-state index contributed by atoms with van der Waals surface area (Å²) in [5, 5.41) is 28.6. The van der Waals surface area contributed by atoms with Gasteiger partial charge in [0.25, 0.3) is 0 Å². The summed E-state index contributed by atoms with van der Waals surface area (Å²) >= 11 is 0. The highest BCUT2D eigenvalue weighted by molar-refractivity contribution is 6.40. The first kappa shape index (κ1) is 17.5. The molecule has 2 N–H and O–H groups in total. The van der Waals surface area contributed by atoms with Crippen LogP contribution in [0.15, 0.2) is 59.7 Å². The third kappa shape index (κ3) is 1.73. The first-order valence-corrected chi connectivity index (χ1v) is 10.5. The normalized spacial score (nSPS) is 15.9. The van der Waals surface area contributed by atoms with Gasteiger partial charge in [-0.05, 0) is 70.4 Å². The van der Waals surface area contributed by atoms with Crippen molar-refractivity contribution < 1.29 is 19.8 Å². The van der Waals surface area contributed by atoms with Crippen molar-refractivity contribution in [3.05, 3.63) is 81.9 Å². The quantitative estimate of drug-likeness (QED) is 0.217. The van der Waals surface area contributed by atoms with E-state index in [0.29, 0.717) is 33.4 Å². The van der Waals surface area contributed by atoms with Crippen LogP contribution in [0.5, 0.6) is 0 Å². The molecule has 0 amide bonds. The molecule has 0 fully saturated rings. The summed E-state index contributed by atoms with van der Waals surface area (Å²) in [6, 6.07) is 15.2. The van der Waals surface area contributed by atoms with Gasteiger partial charge in [-0.2, -0.15) is 0 Å². The molecule has 152 valence electrons. The van der Waals surface area contributed by atoms with Gasteiger partial charge in [0, 0.05) is 44.2 Å². The fourth-order valence-electron chi connectivity index (χ4n) is 5.69. The van der Waals surface area contributed by atoms with E-state index >= 15 is 0 Å². The number of fused-ring (bicyclic) bond motifs is 2. The van der Waals surface area contributed by atoms with Gasteiger partial charge in [0.1, 0.15) is 11.5 Å². The van der Waals surface area contributed by atoms with Crippen molar-refractivity contribution in [2.45, 2.75) is 13.8 Å². The number of hydrogen-bond acceptors (Lipinski definition) is 4. The topological polar surface area (TPSA) is 74.6 Å². The molecular weight excluding hydrogens is 400 g/mol. The van der Waals surface area contributed by atoms with Gasteiger partial charge in [0.2, 0.25) is 0 Å². The third-order valence-corrected chi connectivity index (χ3v) is 7.29. The Balaban J connectivity index is 1.80. The average Bonchev–Trinajstić information content (AvgIpc) is 2.82. The van der Waals surface area contributed by atoms with Gasteiger partial charge in [-0.1, -0.05) is 24.3 Å². The second kappa shape index (κ2) is 5.35. The molecule has 4 heteroatoms. The van der Waals surface area contributed by atoms with Gasteiger partial charge in [-0.3, -0.25) is 9.59 Å². The van der Waals surface area contributed by atoms with Crippen LogP contribution in [0.3, 0.4) is 0 Å². The number of rotatable bonds is 0. The van der Waals surface area contributed by atoms with E-state index < -0.39 is 0 Å². The fourth-order valence-corrected chi connectivity index (χ4v) is 5.69. The summed E-state index contributed by atoms with van der Waals surface area (Å²) in [6.45, 7) is 3.30. The number of ketones is 2. The second-order valence-electron chi connectivity index (χ2n) is 8.75. The van der Waals surface area contributed by atoms with Crippen molar-refractivity contribution in [3.8, 4) is 0 Å². The smallest absolute Gasteiger partial charge is 0.193 e. The maximum absolute atomic E-state index is 12.9. The molecule has 0 aromatic heterocycles. The molecule has 0 bridgehead atoms. The van der Waals surface area contributed by atoms with Crippen LogP contribution in [0.1, 0.15) is 45.7 Å². The zero-order chi connectivity index (χ0) is 22.0. The molecule has 2 aliphatic rings. The molecule has 4 nitrogen and oxygen atoms in total. The molecule has 0 heterocycles. The van der Waals surface area contributed by atoms with Crippen LogP contribution in [-0.2, 0) is 0 Å². The Kier molecular flexibility index (Phi) is 2.92. The lowest BCUT2D eigenvalue weighted by Gasteiger charge is -2.24. The molecule has 0 atom stereocenters. The highest BCUT2D eigenvalue weighted by Crippen LogP contribution is 2.48. The van der Waals surface area contributed by atoms with Crippen LogP contribution in [0.4, 0.5) is 0 Å². The van der Waals surface area contributed by atoms with E-state index in [1.807, 2.05) is 48.5 Å². The van der Waals surface area contributed by atoms with E-state index in [0.717, 1.165) is 43.1 Å². The van der Waals surface area contributed by atoms with Gasteiger partial charge >= 0.3 is 0 Å². The molecular formula is C28H16O4. The van der Waals surface area contributed by atoms with Crippen LogP contribution in [0, 0.1) is 0 Å². The first-order valence-electron chi connectivity index (χ1n) is 10.5. The Morgan fingerprint density at radius 1 is 0.469 bits per heavy atom. The molecule has 7 rings (SSSR count). The lowest BCUT2D eigenvalue weighted by Crippen LogP contribution is -2.12. The van der Waals surface area contributed by atoms with Crippen molar-refractivity contribution in [1.82, 2.24) is 0 Å². The highest BCUT2D eigenvalue weighted by atomic mass is 16.3. The van der Waals surface area contributed by atoms with Crippen LogP contribution in [-0.4, -0.2) is 21.8 Å². The molecule has 0 unspecified atom stereocenters. The van der Waals surface area contributed by atoms with Crippen molar-refractivity contribution in [1.29, 1.82) is 0 Å². The van der Waals surface area contributed by atoms with E-state index in [-0.39, 0.29) is 23.1 Å². The van der Waals surface area contributed by atoms with Gasteiger partial charge in [-0.25, -0.2) is 0 Å². The lowest BCUT2D eigenvalue weighted by atomic mass is 9.79. The number of hydrogen-bond donors (Lipinski definition) is 2. The monoisotopic (exact) mass is 416 g/mol. The molecule has 5 aromatic rings. The van der Waals surface area contributed by atoms with Gasteiger partial charge in [-0.15, -0.1) is 0 Å². The van der Waals surface area contributed by atoms with E-state index in [1.165, 1.54) is 0 Å². The Morgan fingerprint density at radius 2 is 0.781 bits per heavy atom. The van der Waals surface area contributed by atoms with Crippen LogP contribution in [0.2, 0.25) is 0 Å². The molecule has 0 spiro atoms. The highest BCUT2D eigenvalue weighted by Gasteiger charge is 2.30. The van der Waals surface area contributed by atoms with E-state index in [2.05, 4.69) is 0 Å². The third-order valence-electron chi connectivity index (χ3n) is 7.29. The van der Waals surface area contributed by atoms with Gasteiger partial charge < -0.3 is 10.2 Å². The molecule has 2 aliphatic carbocycles. The van der Waals surface area contributed by atoms with Crippen molar-refractivity contribution in [3.63, 3.8) is 0 Å². The summed E-state index contributed by atoms with van der Waals surface area (Å²) in [5.74, 6) is -0.270. The summed E-state index contributed by atoms with van der Waals surface area (Å²) in [6.07, 6.45) is 0. The minimum absolute atomic E-state index is 0.0263. The average molecular weight is 416 g/mol. The molecule has 0 saturated heterocycles. The number of carbonyl (C=O) groups is 2. The maximum atomic E-state index is 12.9. The Bertz CT molecular complexity index is 1680. The molecule has 0 radical (unpaired) electrons. The summed E-state index contributed by atoms with van der Waals surface area (Å²) < 4.78 is 0. The van der Waals surface area contributed by atoms with Gasteiger partial charge in [0.15, 0.2) is 11.6 Å². The van der Waals surface area contributed by atoms with Crippen molar-refractivity contribution >= 4 is 66.2 Å². The maximum Gasteiger partial charge on any atom is 0.193 e. The number of Topliss-reactive ketones (excluding diaryl/α,β-unsaturated/α-hetero) is 2. The number of carbonyl (C=O) groups excluding carboxylic acids is 2. The summed E-state index contributed by atoms with van der Waals surface area (Å²) in [7, 11) is 0. The summed E-state index contributed by atoms with van der Waals surface area (Å²) in [5.41, 5.74) is 3.22. The van der Waals surface area contributed by atoms with E-state index in [9.17, 15) is 19.8 Å². The second-order valence-corrected chi connectivity index (χ2v) is 8.75. The summed E-state index contributed by atoms with van der Waals surface area (Å²) in [4.78, 5) is 25.9. The fraction of sp³-hybridized carbons (Fsp3) is 0.0714. The largest absolute Gasteiger partial charge is 0.507 e.